The number of benzene rings is 2. The minimum absolute atomic E-state index is 0.155. The Morgan fingerprint density at radius 2 is 1.58 bits per heavy atom. The van der Waals surface area contributed by atoms with E-state index in [0.717, 1.165) is 19.5 Å². The first-order chi connectivity index (χ1) is 11.8. The first-order valence-electron chi connectivity index (χ1n) is 7.94. The molecule has 1 saturated heterocycles. The number of rotatable bonds is 2. The van der Waals surface area contributed by atoms with Gasteiger partial charge in [-0.05, 0) is 28.7 Å². The Labute approximate surface area is 140 Å². The summed E-state index contributed by atoms with van der Waals surface area (Å²) in [4.78, 5) is 22.0. The summed E-state index contributed by atoms with van der Waals surface area (Å²) < 4.78 is 5.53. The van der Waals surface area contributed by atoms with Gasteiger partial charge < -0.3 is 14.7 Å². The molecule has 0 unspecified atom stereocenters. The quantitative estimate of drug-likeness (QED) is 0.860. The highest BCUT2D eigenvalue weighted by Crippen LogP contribution is 2.44. The predicted molar refractivity (Wildman–Crippen MR) is 90.0 cm³/mol. The lowest BCUT2D eigenvalue weighted by atomic mass is 9.98. The van der Waals surface area contributed by atoms with Gasteiger partial charge >= 0.3 is 6.09 Å². The van der Waals surface area contributed by atoms with Crippen molar-refractivity contribution in [3.8, 4) is 11.1 Å². The van der Waals surface area contributed by atoms with Crippen LogP contribution >= 0.6 is 0 Å². The van der Waals surface area contributed by atoms with Crippen LogP contribution in [0.2, 0.25) is 0 Å². The van der Waals surface area contributed by atoms with Gasteiger partial charge in [0.15, 0.2) is 0 Å². The van der Waals surface area contributed by atoms with Gasteiger partial charge in [-0.2, -0.15) is 0 Å². The molecular weight excluding hydrogens is 306 g/mol. The van der Waals surface area contributed by atoms with Crippen LogP contribution < -0.4 is 0 Å². The van der Waals surface area contributed by atoms with Gasteiger partial charge in [0, 0.05) is 19.0 Å². The summed E-state index contributed by atoms with van der Waals surface area (Å²) in [6.07, 6.45) is 0.910. The normalized spacial score (nSPS) is 14.6. The minimum atomic E-state index is -0.250. The maximum Gasteiger partial charge on any atom is 0.409 e. The van der Waals surface area contributed by atoms with Crippen LogP contribution in [0.15, 0.2) is 48.5 Å². The highest BCUT2D eigenvalue weighted by atomic mass is 16.6. The van der Waals surface area contributed by atoms with Crippen molar-refractivity contribution < 1.29 is 19.4 Å². The summed E-state index contributed by atoms with van der Waals surface area (Å²) in [5.74, 6) is 0.155. The number of fused-ring (bicyclic) bond motifs is 3. The summed E-state index contributed by atoms with van der Waals surface area (Å²) in [5.41, 5.74) is 5.04. The van der Waals surface area contributed by atoms with Gasteiger partial charge in [0.2, 0.25) is 0 Å². The second-order valence-corrected chi connectivity index (χ2v) is 5.75. The number of hydrogen-bond acceptors (Lipinski definition) is 3. The van der Waals surface area contributed by atoms with Gasteiger partial charge in [-0.25, -0.2) is 4.79 Å². The zero-order valence-electron chi connectivity index (χ0n) is 13.2. The van der Waals surface area contributed by atoms with E-state index in [1.807, 2.05) is 0 Å². The zero-order chi connectivity index (χ0) is 16.9. The van der Waals surface area contributed by atoms with Gasteiger partial charge in [-0.1, -0.05) is 48.5 Å². The summed E-state index contributed by atoms with van der Waals surface area (Å²) in [7, 11) is 0. The molecule has 0 saturated carbocycles. The number of hydrogen-bond donors (Lipinski definition) is 1. The summed E-state index contributed by atoms with van der Waals surface area (Å²) >= 11 is 0. The fourth-order valence-corrected chi connectivity index (χ4v) is 3.18. The average Bonchev–Trinajstić information content (AvgIpc) is 2.86. The van der Waals surface area contributed by atoms with E-state index < -0.39 is 0 Å². The molecule has 1 N–H and O–H groups in total. The lowest BCUT2D eigenvalue weighted by molar-refractivity contribution is -0.122. The first kappa shape index (κ1) is 16.1. The van der Waals surface area contributed by atoms with Crippen LogP contribution in [0.4, 0.5) is 4.79 Å². The maximum atomic E-state index is 11.9. The lowest BCUT2D eigenvalue weighted by Gasteiger charge is -2.30. The van der Waals surface area contributed by atoms with E-state index >= 15 is 0 Å². The third-order valence-corrected chi connectivity index (χ3v) is 4.45. The Hall–Kier alpha value is -2.82. The number of ether oxygens (including phenoxy) is 1. The van der Waals surface area contributed by atoms with E-state index in [-0.39, 0.29) is 18.5 Å². The SMILES string of the molecule is O=C(OCC1c2ccccc2-c2ccccc21)N1CCC1.O=CO. The van der Waals surface area contributed by atoms with Crippen LogP contribution in [0.5, 0.6) is 0 Å². The Morgan fingerprint density at radius 1 is 1.08 bits per heavy atom. The molecule has 5 nitrogen and oxygen atoms in total. The van der Waals surface area contributed by atoms with Gasteiger partial charge in [0.1, 0.15) is 6.61 Å². The molecule has 24 heavy (non-hydrogen) atoms. The van der Waals surface area contributed by atoms with Crippen LogP contribution in [0.1, 0.15) is 23.5 Å². The first-order valence-corrected chi connectivity index (χ1v) is 7.94. The molecule has 0 radical (unpaired) electrons. The second-order valence-electron chi connectivity index (χ2n) is 5.75. The van der Waals surface area contributed by atoms with Crippen molar-refractivity contribution in [2.24, 2.45) is 0 Å². The monoisotopic (exact) mass is 325 g/mol. The Balaban J connectivity index is 0.000000526. The van der Waals surface area contributed by atoms with Crippen LogP contribution in [0, 0.1) is 0 Å². The van der Waals surface area contributed by atoms with Crippen LogP contribution in [-0.4, -0.2) is 42.3 Å². The van der Waals surface area contributed by atoms with E-state index in [0.29, 0.717) is 6.61 Å². The van der Waals surface area contributed by atoms with Gasteiger partial charge in [0.25, 0.3) is 6.47 Å². The van der Waals surface area contributed by atoms with E-state index in [1.165, 1.54) is 22.3 Å². The standard InChI is InChI=1S/C18H17NO2.CH2O2/c20-18(19-10-5-11-19)21-12-17-15-8-3-1-6-13(15)14-7-2-4-9-16(14)17;2-1-3/h1-4,6-9,17H,5,10-12H2;1H,(H,2,3). The van der Waals surface area contributed by atoms with Gasteiger partial charge in [-0.3, -0.25) is 4.79 Å². The van der Waals surface area contributed by atoms with Crippen LogP contribution in [0.25, 0.3) is 11.1 Å². The van der Waals surface area contributed by atoms with Crippen molar-refractivity contribution in [2.45, 2.75) is 12.3 Å². The Bertz CT molecular complexity index is 694. The fraction of sp³-hybridized carbons (Fsp3) is 0.263. The highest BCUT2D eigenvalue weighted by Gasteiger charge is 2.30. The Morgan fingerprint density at radius 3 is 2.04 bits per heavy atom. The third kappa shape index (κ3) is 2.97. The van der Waals surface area contributed by atoms with E-state index in [2.05, 4.69) is 48.5 Å². The molecule has 1 fully saturated rings. The summed E-state index contributed by atoms with van der Waals surface area (Å²) in [6.45, 7) is 1.83. The van der Waals surface area contributed by atoms with Crippen molar-refractivity contribution >= 4 is 12.6 Å². The van der Waals surface area contributed by atoms with Crippen LogP contribution in [0.3, 0.4) is 0 Å². The second kappa shape index (κ2) is 7.17. The number of carbonyl (C=O) groups excluding carboxylic acids is 1. The molecular formula is C19H19NO4. The lowest BCUT2D eigenvalue weighted by Crippen LogP contribution is -2.42. The van der Waals surface area contributed by atoms with Crippen molar-refractivity contribution in [3.63, 3.8) is 0 Å². The average molecular weight is 325 g/mol. The molecule has 4 rings (SSSR count). The van der Waals surface area contributed by atoms with E-state index in [9.17, 15) is 4.79 Å². The third-order valence-electron chi connectivity index (χ3n) is 4.45. The van der Waals surface area contributed by atoms with Gasteiger partial charge in [0.05, 0.1) is 0 Å². The summed E-state index contributed by atoms with van der Waals surface area (Å²) in [5, 5.41) is 6.89. The summed E-state index contributed by atoms with van der Waals surface area (Å²) in [6, 6.07) is 16.8. The van der Waals surface area contributed by atoms with E-state index in [4.69, 9.17) is 14.6 Å². The molecule has 0 atom stereocenters. The molecule has 2 aromatic rings. The van der Waals surface area contributed by atoms with Crippen molar-refractivity contribution in [2.75, 3.05) is 19.7 Å². The smallest absolute Gasteiger partial charge is 0.409 e. The number of carbonyl (C=O) groups is 2. The zero-order valence-corrected chi connectivity index (χ0v) is 13.2. The molecule has 124 valence electrons. The molecule has 0 bridgehead atoms. The molecule has 0 spiro atoms. The largest absolute Gasteiger partial charge is 0.483 e. The number of likely N-dealkylation sites (tertiary alicyclic amines) is 1. The van der Waals surface area contributed by atoms with E-state index in [1.54, 1.807) is 4.90 Å². The minimum Gasteiger partial charge on any atom is -0.483 e. The van der Waals surface area contributed by atoms with Crippen molar-refractivity contribution in [1.29, 1.82) is 0 Å². The molecule has 5 heteroatoms. The molecule has 2 aliphatic rings. The molecule has 1 aliphatic heterocycles. The number of amides is 1. The highest BCUT2D eigenvalue weighted by molar-refractivity contribution is 5.79. The number of nitrogens with zero attached hydrogens (tertiary/aromatic N) is 1. The molecule has 0 aromatic heterocycles. The Kier molecular flexibility index (Phi) is 4.79. The molecule has 1 aliphatic carbocycles. The predicted octanol–water partition coefficient (Wildman–Crippen LogP) is 3.34. The molecule has 2 aromatic carbocycles. The topological polar surface area (TPSA) is 66.8 Å². The van der Waals surface area contributed by atoms with Crippen molar-refractivity contribution in [1.82, 2.24) is 4.90 Å². The maximum absolute atomic E-state index is 11.9. The van der Waals surface area contributed by atoms with Crippen molar-refractivity contribution in [3.05, 3.63) is 59.7 Å². The van der Waals surface area contributed by atoms with Gasteiger partial charge in [-0.15, -0.1) is 0 Å². The molecule has 1 amide bonds. The van der Waals surface area contributed by atoms with Crippen LogP contribution in [-0.2, 0) is 9.53 Å². The fourth-order valence-electron chi connectivity index (χ4n) is 3.18. The molecule has 1 heterocycles. The number of carboxylic acid groups (broad SMARTS) is 1.